The summed E-state index contributed by atoms with van der Waals surface area (Å²) in [5, 5.41) is -0.175. The van der Waals surface area contributed by atoms with Crippen molar-refractivity contribution in [3.8, 4) is 0 Å². The lowest BCUT2D eigenvalue weighted by Crippen LogP contribution is -2.48. The predicted octanol–water partition coefficient (Wildman–Crippen LogP) is 5.94. The highest BCUT2D eigenvalue weighted by Gasteiger charge is 2.45. The number of aryl methyl sites for hydroxylation is 3. The molecule has 3 heteroatoms. The molecule has 26 heavy (non-hydrogen) atoms. The average Bonchev–Trinajstić information content (AvgIpc) is 3.02. The maximum atomic E-state index is 3.15. The second-order valence-corrected chi connectivity index (χ2v) is 9.34. The quantitative estimate of drug-likeness (QED) is 0.621. The van der Waals surface area contributed by atoms with Gasteiger partial charge in [-0.1, -0.05) is 68.8 Å². The van der Waals surface area contributed by atoms with Gasteiger partial charge in [0.15, 0.2) is 0 Å². The summed E-state index contributed by atoms with van der Waals surface area (Å²) in [5.74, 6) is 0. The molecule has 1 heterocycles. The number of nitrogens with zero attached hydrogens (tertiary/aromatic N) is 2. The molecule has 2 nitrogen and oxygen atoms in total. The molecule has 2 aromatic carbocycles. The van der Waals surface area contributed by atoms with Crippen LogP contribution < -0.4 is 4.90 Å². The number of rotatable bonds is 3. The van der Waals surface area contributed by atoms with Crippen LogP contribution in [0.2, 0.25) is 0 Å². The maximum Gasteiger partial charge on any atom is 0.0953 e. The van der Waals surface area contributed by atoms with Gasteiger partial charge in [-0.3, -0.25) is 0 Å². The minimum Gasteiger partial charge on any atom is -0.345 e. The van der Waals surface area contributed by atoms with E-state index in [4.69, 9.17) is 0 Å². The molecule has 0 aliphatic carbocycles. The lowest BCUT2D eigenvalue weighted by atomic mass is 9.80. The van der Waals surface area contributed by atoms with E-state index in [0.717, 1.165) is 6.67 Å². The van der Waals surface area contributed by atoms with Gasteiger partial charge in [0.2, 0.25) is 0 Å². The Balaban J connectivity index is 1.98. The fraction of sp³-hybridized carbons (Fsp3) is 0.391. The third-order valence-electron chi connectivity index (χ3n) is 5.46. The first-order valence-corrected chi connectivity index (χ1v) is 9.86. The van der Waals surface area contributed by atoms with E-state index >= 15 is 0 Å². The Morgan fingerprint density at radius 3 is 2.00 bits per heavy atom. The van der Waals surface area contributed by atoms with E-state index in [1.54, 1.807) is 0 Å². The number of hydrogen-bond acceptors (Lipinski definition) is 2. The van der Waals surface area contributed by atoms with Gasteiger partial charge in [0.1, 0.15) is 0 Å². The summed E-state index contributed by atoms with van der Waals surface area (Å²) >= 11 is 0. The van der Waals surface area contributed by atoms with Crippen molar-refractivity contribution in [1.29, 1.82) is 0 Å². The Morgan fingerprint density at radius 2 is 1.46 bits per heavy atom. The first kappa shape index (κ1) is 19.0. The summed E-state index contributed by atoms with van der Waals surface area (Å²) in [6.45, 7) is 14.4. The molecule has 0 radical (unpaired) electrons. The lowest BCUT2D eigenvalue weighted by molar-refractivity contribution is 0.120. The Bertz CT molecular complexity index is 797. The van der Waals surface area contributed by atoms with Crippen molar-refractivity contribution in [3.63, 3.8) is 0 Å². The molecule has 0 saturated heterocycles. The van der Waals surface area contributed by atoms with Crippen LogP contribution in [0.25, 0.3) is 0 Å². The van der Waals surface area contributed by atoms with E-state index in [-0.39, 0.29) is 10.7 Å². The highest BCUT2D eigenvalue weighted by molar-refractivity contribution is 7.18. The summed E-state index contributed by atoms with van der Waals surface area (Å²) in [5.41, 5.74) is 6.68. The van der Waals surface area contributed by atoms with E-state index in [1.807, 2.05) is 0 Å². The smallest absolute Gasteiger partial charge is 0.0953 e. The molecule has 2 unspecified atom stereocenters. The van der Waals surface area contributed by atoms with Crippen molar-refractivity contribution in [2.24, 2.45) is 5.41 Å². The van der Waals surface area contributed by atoms with Crippen LogP contribution >= 0.6 is 9.24 Å². The third-order valence-corrected chi connectivity index (χ3v) is 7.00. The topological polar surface area (TPSA) is 6.48 Å². The first-order chi connectivity index (χ1) is 12.1. The summed E-state index contributed by atoms with van der Waals surface area (Å²) in [4.78, 5) is 4.82. The molecule has 0 bridgehead atoms. The van der Waals surface area contributed by atoms with Gasteiger partial charge in [-0.15, -0.1) is 9.24 Å². The highest BCUT2D eigenvalue weighted by Crippen LogP contribution is 2.51. The molecule has 0 aromatic heterocycles. The van der Waals surface area contributed by atoms with Crippen molar-refractivity contribution in [2.75, 3.05) is 11.6 Å². The number of hydrogen-bond donors (Lipinski definition) is 0. The van der Waals surface area contributed by atoms with Crippen molar-refractivity contribution in [3.05, 3.63) is 77.1 Å². The minimum atomic E-state index is -0.175. The normalized spacial score (nSPS) is 16.9. The van der Waals surface area contributed by atoms with Crippen molar-refractivity contribution in [2.45, 2.75) is 46.8 Å². The van der Waals surface area contributed by atoms with Crippen molar-refractivity contribution >= 4 is 14.9 Å². The van der Waals surface area contributed by atoms with E-state index < -0.39 is 0 Å². The van der Waals surface area contributed by atoms with Crippen LogP contribution in [0.4, 0.5) is 5.69 Å². The Morgan fingerprint density at radius 1 is 0.885 bits per heavy atom. The summed E-state index contributed by atoms with van der Waals surface area (Å²) in [7, 11) is 3.15. The van der Waals surface area contributed by atoms with Crippen molar-refractivity contribution < 1.29 is 0 Å². The first-order valence-electron chi connectivity index (χ1n) is 9.28. The fourth-order valence-corrected chi connectivity index (χ4v) is 4.50. The van der Waals surface area contributed by atoms with Gasteiger partial charge in [-0.2, -0.15) is 0 Å². The van der Waals surface area contributed by atoms with Gasteiger partial charge in [0, 0.05) is 18.1 Å². The van der Waals surface area contributed by atoms with Crippen LogP contribution in [0.1, 0.15) is 43.0 Å². The lowest BCUT2D eigenvalue weighted by Gasteiger charge is -2.49. The largest absolute Gasteiger partial charge is 0.345 e. The molecule has 2 aromatic rings. The Labute approximate surface area is 161 Å². The SMILES string of the molecule is Cc1cc(C)c(N2C=CN(C(P)(c3ccccc3)C(C)(C)C)C2)c(C)c1. The highest BCUT2D eigenvalue weighted by atomic mass is 31.0. The van der Waals surface area contributed by atoms with Gasteiger partial charge >= 0.3 is 0 Å². The number of anilines is 1. The summed E-state index contributed by atoms with van der Waals surface area (Å²) in [6, 6.07) is 15.4. The summed E-state index contributed by atoms with van der Waals surface area (Å²) < 4.78 is 0. The molecule has 3 rings (SSSR count). The molecule has 0 fully saturated rings. The standard InChI is InChI=1S/C23H31N2P/c1-17-14-18(2)21(19(3)15-17)24-12-13-25(16-24)23(26,22(4,5)6)20-10-8-7-9-11-20/h7-15H,16,26H2,1-6H3. The van der Waals surface area contributed by atoms with Gasteiger partial charge in [0.25, 0.3) is 0 Å². The van der Waals surface area contributed by atoms with Crippen LogP contribution in [0.3, 0.4) is 0 Å². The van der Waals surface area contributed by atoms with Crippen molar-refractivity contribution in [1.82, 2.24) is 4.90 Å². The van der Waals surface area contributed by atoms with E-state index in [0.29, 0.717) is 0 Å². The van der Waals surface area contributed by atoms with Crippen LogP contribution in [-0.2, 0) is 5.28 Å². The zero-order valence-electron chi connectivity index (χ0n) is 16.9. The van der Waals surface area contributed by atoms with Gasteiger partial charge in [0.05, 0.1) is 11.9 Å². The van der Waals surface area contributed by atoms with Gasteiger partial charge < -0.3 is 9.80 Å². The molecular weight excluding hydrogens is 335 g/mol. The molecule has 1 aliphatic rings. The van der Waals surface area contributed by atoms with Crippen LogP contribution in [-0.4, -0.2) is 11.6 Å². The molecule has 0 amide bonds. The zero-order valence-corrected chi connectivity index (χ0v) is 18.0. The molecule has 0 saturated carbocycles. The van der Waals surface area contributed by atoms with E-state index in [9.17, 15) is 0 Å². The second kappa shape index (κ2) is 6.74. The fourth-order valence-electron chi connectivity index (χ4n) is 4.14. The number of benzene rings is 2. The monoisotopic (exact) mass is 366 g/mol. The molecule has 1 aliphatic heterocycles. The molecule has 0 spiro atoms. The maximum absolute atomic E-state index is 3.15. The van der Waals surface area contributed by atoms with Crippen LogP contribution in [0, 0.1) is 26.2 Å². The summed E-state index contributed by atoms with van der Waals surface area (Å²) in [6.07, 6.45) is 4.46. The second-order valence-electron chi connectivity index (χ2n) is 8.51. The predicted molar refractivity (Wildman–Crippen MR) is 116 cm³/mol. The van der Waals surface area contributed by atoms with E-state index in [1.165, 1.54) is 27.9 Å². The Kier molecular flexibility index (Phi) is 4.92. The molecule has 0 N–H and O–H groups in total. The van der Waals surface area contributed by atoms with Gasteiger partial charge in [-0.25, -0.2) is 0 Å². The Hall–Kier alpha value is -1.79. The van der Waals surface area contributed by atoms with E-state index in [2.05, 4.69) is 115 Å². The van der Waals surface area contributed by atoms with Crippen LogP contribution in [0.15, 0.2) is 54.9 Å². The molecule has 138 valence electrons. The minimum absolute atomic E-state index is 0.0523. The molecular formula is C23H31N2P. The van der Waals surface area contributed by atoms with Crippen LogP contribution in [0.5, 0.6) is 0 Å². The third kappa shape index (κ3) is 3.16. The van der Waals surface area contributed by atoms with Gasteiger partial charge in [-0.05, 0) is 42.9 Å². The zero-order chi connectivity index (χ0) is 19.1. The molecule has 2 atom stereocenters. The average molecular weight is 366 g/mol.